The second kappa shape index (κ2) is 6.91. The quantitative estimate of drug-likeness (QED) is 0.575. The third-order valence-electron chi connectivity index (χ3n) is 5.47. The summed E-state index contributed by atoms with van der Waals surface area (Å²) >= 11 is 1.68. The Morgan fingerprint density at radius 2 is 1.71 bits per heavy atom. The number of nitrogens with one attached hydrogen (secondary N) is 2. The van der Waals surface area contributed by atoms with Crippen LogP contribution >= 0.6 is 11.3 Å². The molecule has 2 atom stereocenters. The average Bonchev–Trinajstić information content (AvgIpc) is 3.17. The number of allylic oxidation sites excluding steroid dienone is 1. The molecule has 5 heteroatoms. The van der Waals surface area contributed by atoms with E-state index < -0.39 is 6.04 Å². The van der Waals surface area contributed by atoms with Gasteiger partial charge in [-0.2, -0.15) is 0 Å². The fraction of sp³-hybridized carbons (Fsp3) is 0.174. The van der Waals surface area contributed by atoms with Gasteiger partial charge in [-0.1, -0.05) is 36.4 Å². The number of halogens is 1. The maximum Gasteiger partial charge on any atom is 0.163 e. The minimum absolute atomic E-state index is 0.0701. The fourth-order valence-electron chi connectivity index (χ4n) is 4.16. The van der Waals surface area contributed by atoms with Crippen molar-refractivity contribution in [1.29, 1.82) is 0 Å². The van der Waals surface area contributed by atoms with Gasteiger partial charge >= 0.3 is 0 Å². The van der Waals surface area contributed by atoms with E-state index in [0.717, 1.165) is 23.5 Å². The fourth-order valence-corrected chi connectivity index (χ4v) is 4.99. The number of carbonyl (C=O) groups excluding carboxylic acids is 1. The van der Waals surface area contributed by atoms with Crippen LogP contribution in [0.2, 0.25) is 0 Å². The van der Waals surface area contributed by atoms with Crippen molar-refractivity contribution >= 4 is 28.5 Å². The van der Waals surface area contributed by atoms with E-state index in [1.807, 2.05) is 41.8 Å². The summed E-state index contributed by atoms with van der Waals surface area (Å²) in [5, 5.41) is 8.94. The summed E-state index contributed by atoms with van der Waals surface area (Å²) in [6.45, 7) is 0. The van der Waals surface area contributed by atoms with Crippen LogP contribution in [0.5, 0.6) is 0 Å². The van der Waals surface area contributed by atoms with Gasteiger partial charge in [0.25, 0.3) is 0 Å². The molecular formula is C23H19FN2OS. The van der Waals surface area contributed by atoms with Crippen molar-refractivity contribution < 1.29 is 9.18 Å². The highest BCUT2D eigenvalue weighted by Crippen LogP contribution is 2.45. The predicted molar refractivity (Wildman–Crippen MR) is 111 cm³/mol. The molecule has 0 saturated heterocycles. The normalized spacial score (nSPS) is 21.2. The molecule has 2 aromatic carbocycles. The van der Waals surface area contributed by atoms with Gasteiger partial charge in [0.1, 0.15) is 5.82 Å². The summed E-state index contributed by atoms with van der Waals surface area (Å²) in [6, 6.07) is 18.1. The number of thiophene rings is 1. The van der Waals surface area contributed by atoms with Gasteiger partial charge < -0.3 is 10.6 Å². The number of hydrogen-bond acceptors (Lipinski definition) is 4. The number of fused-ring (bicyclic) bond motifs is 1. The van der Waals surface area contributed by atoms with Crippen molar-refractivity contribution in [3.05, 3.63) is 93.6 Å². The van der Waals surface area contributed by atoms with Crippen molar-refractivity contribution in [1.82, 2.24) is 0 Å². The van der Waals surface area contributed by atoms with Crippen LogP contribution in [0, 0.1) is 5.82 Å². The number of Topliss-reactive ketones (excluding diaryl/α,β-unsaturated/α-hetero) is 1. The molecule has 0 fully saturated rings. The second-order valence-corrected chi connectivity index (χ2v) is 8.18. The Morgan fingerprint density at radius 1 is 0.929 bits per heavy atom. The maximum atomic E-state index is 14.7. The smallest absolute Gasteiger partial charge is 0.163 e. The lowest BCUT2D eigenvalue weighted by Gasteiger charge is -2.29. The first-order valence-electron chi connectivity index (χ1n) is 9.37. The minimum Gasteiger partial charge on any atom is -0.372 e. The van der Waals surface area contributed by atoms with Gasteiger partial charge in [-0.3, -0.25) is 4.79 Å². The van der Waals surface area contributed by atoms with E-state index in [0.29, 0.717) is 17.6 Å². The maximum absolute atomic E-state index is 14.7. The molecule has 0 spiro atoms. The molecule has 0 saturated carbocycles. The number of ketones is 1. The van der Waals surface area contributed by atoms with Gasteiger partial charge in [0.05, 0.1) is 17.4 Å². The van der Waals surface area contributed by atoms with E-state index >= 15 is 0 Å². The van der Waals surface area contributed by atoms with Crippen molar-refractivity contribution in [3.63, 3.8) is 0 Å². The Morgan fingerprint density at radius 3 is 2.50 bits per heavy atom. The van der Waals surface area contributed by atoms with Crippen molar-refractivity contribution in [2.24, 2.45) is 0 Å². The molecule has 2 N–H and O–H groups in total. The topological polar surface area (TPSA) is 41.1 Å². The van der Waals surface area contributed by atoms with Gasteiger partial charge in [-0.15, -0.1) is 11.3 Å². The zero-order valence-electron chi connectivity index (χ0n) is 15.1. The number of anilines is 2. The number of carbonyl (C=O) groups is 1. The van der Waals surface area contributed by atoms with E-state index in [2.05, 4.69) is 16.7 Å². The van der Waals surface area contributed by atoms with Crippen LogP contribution in [0.25, 0.3) is 0 Å². The standard InChI is InChI=1S/C23H19FN2OS/c24-16-7-2-1-6-15(16)23-22-19(25-17-8-3-4-9-18(17)26-23)12-14(13-20(22)27)21-10-5-11-28-21/h1-11,14,23,25-26H,12-13H2/t14-,23-/m0/s1. The highest BCUT2D eigenvalue weighted by Gasteiger charge is 2.37. The van der Waals surface area contributed by atoms with Crippen LogP contribution in [-0.4, -0.2) is 5.78 Å². The molecule has 3 nitrogen and oxygen atoms in total. The summed E-state index contributed by atoms with van der Waals surface area (Å²) in [6.07, 6.45) is 1.19. The lowest BCUT2D eigenvalue weighted by molar-refractivity contribution is -0.116. The number of rotatable bonds is 2. The van der Waals surface area contributed by atoms with Gasteiger partial charge in [0.2, 0.25) is 0 Å². The molecule has 28 heavy (non-hydrogen) atoms. The molecule has 0 radical (unpaired) electrons. The molecule has 5 rings (SSSR count). The van der Waals surface area contributed by atoms with E-state index in [1.165, 1.54) is 10.9 Å². The van der Waals surface area contributed by atoms with Gasteiger partial charge in [0.15, 0.2) is 5.78 Å². The van der Waals surface area contributed by atoms with Crippen LogP contribution in [0.4, 0.5) is 15.8 Å². The van der Waals surface area contributed by atoms with Crippen LogP contribution < -0.4 is 10.6 Å². The number of para-hydroxylation sites is 2. The van der Waals surface area contributed by atoms with Crippen LogP contribution in [0.15, 0.2) is 77.3 Å². The summed E-state index contributed by atoms with van der Waals surface area (Å²) in [7, 11) is 0. The number of hydrogen-bond donors (Lipinski definition) is 2. The molecular weight excluding hydrogens is 371 g/mol. The monoisotopic (exact) mass is 390 g/mol. The minimum atomic E-state index is -0.510. The largest absolute Gasteiger partial charge is 0.372 e. The first-order valence-corrected chi connectivity index (χ1v) is 10.3. The molecule has 0 unspecified atom stereocenters. The van der Waals surface area contributed by atoms with E-state index in [1.54, 1.807) is 23.5 Å². The first kappa shape index (κ1) is 17.2. The SMILES string of the molecule is O=C1C[C@@H](c2cccs2)CC2=C1[C@H](c1ccccc1F)Nc1ccccc1N2. The van der Waals surface area contributed by atoms with Crippen LogP contribution in [0.1, 0.15) is 35.2 Å². The lowest BCUT2D eigenvalue weighted by atomic mass is 9.80. The van der Waals surface area contributed by atoms with Gasteiger partial charge in [-0.05, 0) is 36.1 Å². The Hall–Kier alpha value is -2.92. The van der Waals surface area contributed by atoms with Gasteiger partial charge in [0, 0.05) is 34.0 Å². The summed E-state index contributed by atoms with van der Waals surface area (Å²) in [4.78, 5) is 14.5. The average molecular weight is 390 g/mol. The summed E-state index contributed by atoms with van der Waals surface area (Å²) in [5.74, 6) is -0.0783. The lowest BCUT2D eigenvalue weighted by Crippen LogP contribution is -2.27. The third-order valence-corrected chi connectivity index (χ3v) is 6.51. The Labute approximate surface area is 166 Å². The highest BCUT2D eigenvalue weighted by molar-refractivity contribution is 7.10. The van der Waals surface area contributed by atoms with Crippen molar-refractivity contribution in [2.75, 3.05) is 10.6 Å². The summed E-state index contributed by atoms with van der Waals surface area (Å²) in [5.41, 5.74) is 3.81. The van der Waals surface area contributed by atoms with Crippen LogP contribution in [0.3, 0.4) is 0 Å². The van der Waals surface area contributed by atoms with Gasteiger partial charge in [-0.25, -0.2) is 4.39 Å². The Kier molecular flexibility index (Phi) is 4.24. The molecule has 1 aromatic heterocycles. The zero-order chi connectivity index (χ0) is 19.1. The first-order chi connectivity index (χ1) is 13.7. The Bertz CT molecular complexity index is 1070. The van der Waals surface area contributed by atoms with Crippen molar-refractivity contribution in [3.8, 4) is 0 Å². The zero-order valence-corrected chi connectivity index (χ0v) is 15.9. The van der Waals surface area contributed by atoms with Crippen molar-refractivity contribution in [2.45, 2.75) is 24.8 Å². The number of benzene rings is 2. The molecule has 2 heterocycles. The molecule has 2 aliphatic rings. The molecule has 0 bridgehead atoms. The summed E-state index contributed by atoms with van der Waals surface area (Å²) < 4.78 is 14.7. The molecule has 3 aromatic rings. The molecule has 0 amide bonds. The van der Waals surface area contributed by atoms with E-state index in [9.17, 15) is 9.18 Å². The molecule has 140 valence electrons. The second-order valence-electron chi connectivity index (χ2n) is 7.21. The van der Waals surface area contributed by atoms with E-state index in [4.69, 9.17) is 0 Å². The molecule has 1 aliphatic heterocycles. The molecule has 1 aliphatic carbocycles. The highest BCUT2D eigenvalue weighted by atomic mass is 32.1. The van der Waals surface area contributed by atoms with Crippen LogP contribution in [-0.2, 0) is 4.79 Å². The third kappa shape index (κ3) is 2.92. The predicted octanol–water partition coefficient (Wildman–Crippen LogP) is 5.87. The Balaban J connectivity index is 1.65. The van der Waals surface area contributed by atoms with E-state index in [-0.39, 0.29) is 17.5 Å².